The van der Waals surface area contributed by atoms with E-state index < -0.39 is 10.0 Å². The fourth-order valence-electron chi connectivity index (χ4n) is 2.63. The smallest absolute Gasteiger partial charge is 0.261 e. The monoisotopic (exact) mass is 432 g/mol. The highest BCUT2D eigenvalue weighted by atomic mass is 35.5. The standard InChI is InChI=1S/C21H18ClFN2O3S/c1-14(15-2-8-18(23)9-3-15)24-21(26)16-4-10-19(11-5-16)25-29(27,28)20-12-6-17(22)7-13-20/h2-14,25H,1H3,(H,24,26)/t14-/m1/s1. The predicted molar refractivity (Wildman–Crippen MR) is 111 cm³/mol. The zero-order chi connectivity index (χ0) is 21.0. The number of sulfonamides is 1. The summed E-state index contributed by atoms with van der Waals surface area (Å²) in [5, 5.41) is 3.26. The Morgan fingerprint density at radius 2 is 1.52 bits per heavy atom. The van der Waals surface area contributed by atoms with Crippen molar-refractivity contribution in [3.05, 3.63) is 94.8 Å². The van der Waals surface area contributed by atoms with E-state index in [1.165, 1.54) is 60.7 Å². The molecule has 2 N–H and O–H groups in total. The molecular formula is C21H18ClFN2O3S. The third-order valence-electron chi connectivity index (χ3n) is 4.24. The molecule has 1 amide bonds. The van der Waals surface area contributed by atoms with E-state index in [9.17, 15) is 17.6 Å². The van der Waals surface area contributed by atoms with Gasteiger partial charge in [0.25, 0.3) is 15.9 Å². The topological polar surface area (TPSA) is 75.3 Å². The van der Waals surface area contributed by atoms with Crippen LogP contribution in [0.3, 0.4) is 0 Å². The molecule has 0 bridgehead atoms. The molecule has 29 heavy (non-hydrogen) atoms. The number of nitrogens with one attached hydrogen (secondary N) is 2. The zero-order valence-electron chi connectivity index (χ0n) is 15.4. The number of halogens is 2. The van der Waals surface area contributed by atoms with Crippen LogP contribution in [0.5, 0.6) is 0 Å². The Morgan fingerprint density at radius 3 is 2.10 bits per heavy atom. The molecule has 0 unspecified atom stereocenters. The molecule has 1 atom stereocenters. The van der Waals surface area contributed by atoms with Crippen LogP contribution in [-0.2, 0) is 10.0 Å². The van der Waals surface area contributed by atoms with Gasteiger partial charge in [0.15, 0.2) is 0 Å². The first-order valence-corrected chi connectivity index (χ1v) is 10.6. The molecule has 0 fully saturated rings. The molecule has 5 nitrogen and oxygen atoms in total. The lowest BCUT2D eigenvalue weighted by molar-refractivity contribution is 0.0940. The van der Waals surface area contributed by atoms with Crippen LogP contribution in [0.15, 0.2) is 77.7 Å². The van der Waals surface area contributed by atoms with Crippen molar-refractivity contribution in [1.82, 2.24) is 5.32 Å². The number of carbonyl (C=O) groups excluding carboxylic acids is 1. The maximum absolute atomic E-state index is 13.0. The summed E-state index contributed by atoms with van der Waals surface area (Å²) in [5.74, 6) is -0.669. The summed E-state index contributed by atoms with van der Waals surface area (Å²) in [6, 6.07) is 17.4. The quantitative estimate of drug-likeness (QED) is 0.589. The van der Waals surface area contributed by atoms with Crippen LogP contribution in [0, 0.1) is 5.82 Å². The molecule has 0 saturated carbocycles. The van der Waals surface area contributed by atoms with E-state index in [1.54, 1.807) is 19.1 Å². The van der Waals surface area contributed by atoms with Gasteiger partial charge in [0.2, 0.25) is 0 Å². The van der Waals surface area contributed by atoms with E-state index in [-0.39, 0.29) is 22.7 Å². The number of hydrogen-bond acceptors (Lipinski definition) is 3. The second kappa shape index (κ2) is 8.63. The van der Waals surface area contributed by atoms with Crippen LogP contribution in [-0.4, -0.2) is 14.3 Å². The minimum Gasteiger partial charge on any atom is -0.346 e. The molecule has 0 saturated heterocycles. The molecule has 3 aromatic carbocycles. The fraction of sp³-hybridized carbons (Fsp3) is 0.0952. The average Bonchev–Trinajstić information content (AvgIpc) is 2.69. The van der Waals surface area contributed by atoms with E-state index >= 15 is 0 Å². The van der Waals surface area contributed by atoms with Gasteiger partial charge < -0.3 is 5.32 Å². The van der Waals surface area contributed by atoms with Crippen LogP contribution in [0.1, 0.15) is 28.9 Å². The van der Waals surface area contributed by atoms with Crippen LogP contribution in [0.4, 0.5) is 10.1 Å². The molecule has 0 radical (unpaired) electrons. The van der Waals surface area contributed by atoms with E-state index in [0.717, 1.165) is 5.56 Å². The molecule has 0 aliphatic rings. The van der Waals surface area contributed by atoms with Gasteiger partial charge >= 0.3 is 0 Å². The first kappa shape index (κ1) is 20.8. The zero-order valence-corrected chi connectivity index (χ0v) is 17.0. The van der Waals surface area contributed by atoms with Gasteiger partial charge in [-0.3, -0.25) is 9.52 Å². The third-order valence-corrected chi connectivity index (χ3v) is 5.89. The molecule has 3 rings (SSSR count). The summed E-state index contributed by atoms with van der Waals surface area (Å²) in [4.78, 5) is 12.5. The summed E-state index contributed by atoms with van der Waals surface area (Å²) in [6.45, 7) is 1.79. The lowest BCUT2D eigenvalue weighted by Gasteiger charge is -2.15. The van der Waals surface area contributed by atoms with Crippen molar-refractivity contribution < 1.29 is 17.6 Å². The van der Waals surface area contributed by atoms with Crippen molar-refractivity contribution >= 4 is 33.2 Å². The number of rotatable bonds is 6. The molecule has 0 heterocycles. The summed E-state index contributed by atoms with van der Waals surface area (Å²) < 4.78 is 40.3. The van der Waals surface area contributed by atoms with Crippen LogP contribution in [0.2, 0.25) is 5.02 Å². The summed E-state index contributed by atoms with van der Waals surface area (Å²) in [7, 11) is -3.76. The van der Waals surface area contributed by atoms with Gasteiger partial charge in [0.05, 0.1) is 10.9 Å². The summed E-state index contributed by atoms with van der Waals surface area (Å²) in [5.41, 5.74) is 1.46. The van der Waals surface area contributed by atoms with Gasteiger partial charge in [-0.05, 0) is 73.2 Å². The summed E-state index contributed by atoms with van der Waals surface area (Å²) in [6.07, 6.45) is 0. The molecule has 0 spiro atoms. The Bertz CT molecular complexity index is 1100. The fourth-order valence-corrected chi connectivity index (χ4v) is 3.82. The van der Waals surface area contributed by atoms with Crippen molar-refractivity contribution in [2.45, 2.75) is 17.9 Å². The normalized spacial score (nSPS) is 12.2. The van der Waals surface area contributed by atoms with E-state index in [4.69, 9.17) is 11.6 Å². The van der Waals surface area contributed by atoms with Crippen LogP contribution >= 0.6 is 11.6 Å². The van der Waals surface area contributed by atoms with Crippen molar-refractivity contribution in [2.75, 3.05) is 4.72 Å². The highest BCUT2D eigenvalue weighted by molar-refractivity contribution is 7.92. The maximum Gasteiger partial charge on any atom is 0.261 e. The van der Waals surface area contributed by atoms with Crippen molar-refractivity contribution in [1.29, 1.82) is 0 Å². The lowest BCUT2D eigenvalue weighted by atomic mass is 10.1. The first-order valence-electron chi connectivity index (χ1n) is 8.69. The van der Waals surface area contributed by atoms with E-state index in [1.807, 2.05) is 0 Å². The molecule has 0 aliphatic heterocycles. The second-order valence-electron chi connectivity index (χ2n) is 6.38. The average molecular weight is 433 g/mol. The Balaban J connectivity index is 1.67. The summed E-state index contributed by atoms with van der Waals surface area (Å²) >= 11 is 5.78. The number of benzene rings is 3. The Hall–Kier alpha value is -2.90. The Morgan fingerprint density at radius 1 is 0.931 bits per heavy atom. The Labute approximate surface area is 173 Å². The molecule has 0 aromatic heterocycles. The minimum absolute atomic E-state index is 0.0804. The number of hydrogen-bond donors (Lipinski definition) is 2. The van der Waals surface area contributed by atoms with Gasteiger partial charge in [-0.25, -0.2) is 12.8 Å². The lowest BCUT2D eigenvalue weighted by Crippen LogP contribution is -2.26. The molecular weight excluding hydrogens is 415 g/mol. The van der Waals surface area contributed by atoms with Gasteiger partial charge in [-0.1, -0.05) is 23.7 Å². The highest BCUT2D eigenvalue weighted by Crippen LogP contribution is 2.19. The van der Waals surface area contributed by atoms with Crippen LogP contribution in [0.25, 0.3) is 0 Å². The SMILES string of the molecule is C[C@@H](NC(=O)c1ccc(NS(=O)(=O)c2ccc(Cl)cc2)cc1)c1ccc(F)cc1. The van der Waals surface area contributed by atoms with Gasteiger partial charge in [-0.15, -0.1) is 0 Å². The maximum atomic E-state index is 13.0. The minimum atomic E-state index is -3.76. The van der Waals surface area contributed by atoms with Gasteiger partial charge in [-0.2, -0.15) is 0 Å². The van der Waals surface area contributed by atoms with E-state index in [2.05, 4.69) is 10.0 Å². The first-order chi connectivity index (χ1) is 13.7. The van der Waals surface area contributed by atoms with Crippen molar-refractivity contribution in [2.24, 2.45) is 0 Å². The number of anilines is 1. The van der Waals surface area contributed by atoms with Gasteiger partial charge in [0.1, 0.15) is 5.82 Å². The largest absolute Gasteiger partial charge is 0.346 e. The molecule has 3 aromatic rings. The second-order valence-corrected chi connectivity index (χ2v) is 8.50. The predicted octanol–water partition coefficient (Wildman–Crippen LogP) is 4.77. The van der Waals surface area contributed by atoms with Gasteiger partial charge in [0, 0.05) is 16.3 Å². The Kier molecular flexibility index (Phi) is 6.20. The number of carbonyl (C=O) groups is 1. The molecule has 150 valence electrons. The third kappa shape index (κ3) is 5.34. The van der Waals surface area contributed by atoms with Crippen molar-refractivity contribution in [3.63, 3.8) is 0 Å². The number of amides is 1. The molecule has 0 aliphatic carbocycles. The van der Waals surface area contributed by atoms with Crippen LogP contribution < -0.4 is 10.0 Å². The van der Waals surface area contributed by atoms with Crippen molar-refractivity contribution in [3.8, 4) is 0 Å². The highest BCUT2D eigenvalue weighted by Gasteiger charge is 2.15. The van der Waals surface area contributed by atoms with E-state index in [0.29, 0.717) is 16.3 Å². The molecule has 8 heteroatoms.